The SMILES string of the molecule is C=CC[S+]([O-])CC(O)(Cn1cncn1)c1ccc(Cl)cc1Cl. The summed E-state index contributed by atoms with van der Waals surface area (Å²) in [7, 11) is 0. The monoisotopic (exact) mass is 359 g/mol. The van der Waals surface area contributed by atoms with E-state index in [-0.39, 0.29) is 18.1 Å². The second kappa shape index (κ2) is 7.48. The lowest BCUT2D eigenvalue weighted by atomic mass is 9.95. The zero-order chi connectivity index (χ0) is 16.2. The van der Waals surface area contributed by atoms with Crippen molar-refractivity contribution in [2.75, 3.05) is 11.5 Å². The summed E-state index contributed by atoms with van der Waals surface area (Å²) in [4.78, 5) is 3.85. The minimum atomic E-state index is -1.46. The van der Waals surface area contributed by atoms with Crippen molar-refractivity contribution in [2.24, 2.45) is 0 Å². The van der Waals surface area contributed by atoms with Crippen molar-refractivity contribution in [3.63, 3.8) is 0 Å². The van der Waals surface area contributed by atoms with Gasteiger partial charge >= 0.3 is 0 Å². The van der Waals surface area contributed by atoms with Crippen molar-refractivity contribution in [3.8, 4) is 0 Å². The number of aromatic nitrogens is 3. The van der Waals surface area contributed by atoms with Crippen LogP contribution in [0.4, 0.5) is 0 Å². The normalized spacial score (nSPS) is 15.3. The minimum absolute atomic E-state index is 0.000231. The Labute approximate surface area is 141 Å². The molecule has 118 valence electrons. The Kier molecular flexibility index (Phi) is 5.88. The summed E-state index contributed by atoms with van der Waals surface area (Å²) in [6.07, 6.45) is 4.39. The fraction of sp³-hybridized carbons (Fsp3) is 0.286. The van der Waals surface area contributed by atoms with Crippen molar-refractivity contribution in [1.82, 2.24) is 14.8 Å². The molecule has 5 nitrogen and oxygen atoms in total. The van der Waals surface area contributed by atoms with Gasteiger partial charge in [0.15, 0.2) is 5.60 Å². The maximum Gasteiger partial charge on any atom is 0.155 e. The number of nitrogens with zero attached hydrogens (tertiary/aromatic N) is 3. The number of rotatable bonds is 7. The van der Waals surface area contributed by atoms with Crippen molar-refractivity contribution in [2.45, 2.75) is 12.1 Å². The van der Waals surface area contributed by atoms with Crippen molar-refractivity contribution in [1.29, 1.82) is 0 Å². The molecule has 1 aromatic carbocycles. The molecule has 2 atom stereocenters. The van der Waals surface area contributed by atoms with Crippen LogP contribution < -0.4 is 0 Å². The molecule has 0 fully saturated rings. The van der Waals surface area contributed by atoms with Crippen molar-refractivity contribution in [3.05, 3.63) is 59.1 Å². The molecule has 1 aromatic heterocycles. The van der Waals surface area contributed by atoms with Crippen LogP contribution in [0.2, 0.25) is 10.0 Å². The molecule has 0 radical (unpaired) electrons. The molecular weight excluding hydrogens is 345 g/mol. The first-order chi connectivity index (χ1) is 10.4. The predicted molar refractivity (Wildman–Crippen MR) is 88.5 cm³/mol. The summed E-state index contributed by atoms with van der Waals surface area (Å²) in [5.74, 6) is 0.283. The largest absolute Gasteiger partial charge is 0.616 e. The zero-order valence-electron chi connectivity index (χ0n) is 11.7. The van der Waals surface area contributed by atoms with E-state index >= 15 is 0 Å². The fourth-order valence-corrected chi connectivity index (χ4v) is 3.86. The Morgan fingerprint density at radius 3 is 2.82 bits per heavy atom. The Morgan fingerprint density at radius 2 is 2.23 bits per heavy atom. The Balaban J connectivity index is 2.36. The summed E-state index contributed by atoms with van der Waals surface area (Å²) in [6.45, 7) is 3.64. The van der Waals surface area contributed by atoms with Gasteiger partial charge in [-0.1, -0.05) is 35.8 Å². The van der Waals surface area contributed by atoms with Gasteiger partial charge < -0.3 is 9.66 Å². The maximum absolute atomic E-state index is 12.1. The molecular formula is C14H15Cl2N3O2S. The third-order valence-electron chi connectivity index (χ3n) is 3.03. The minimum Gasteiger partial charge on any atom is -0.616 e. The molecule has 2 aromatic rings. The van der Waals surface area contributed by atoms with Gasteiger partial charge in [-0.2, -0.15) is 5.10 Å². The first kappa shape index (κ1) is 17.3. The Morgan fingerprint density at radius 1 is 1.45 bits per heavy atom. The molecule has 1 heterocycles. The summed E-state index contributed by atoms with van der Waals surface area (Å²) in [5.41, 5.74) is -1.00. The summed E-state index contributed by atoms with van der Waals surface area (Å²) in [6, 6.07) is 4.80. The number of hydrogen-bond acceptors (Lipinski definition) is 4. The predicted octanol–water partition coefficient (Wildman–Crippen LogP) is 2.41. The van der Waals surface area contributed by atoms with E-state index in [4.69, 9.17) is 23.2 Å². The topological polar surface area (TPSA) is 74.0 Å². The molecule has 0 aliphatic heterocycles. The fourth-order valence-electron chi connectivity index (χ4n) is 2.11. The van der Waals surface area contributed by atoms with Gasteiger partial charge in [-0.3, -0.25) is 0 Å². The van der Waals surface area contributed by atoms with Crippen molar-refractivity contribution >= 4 is 34.4 Å². The molecule has 0 bridgehead atoms. The van der Waals surface area contributed by atoms with E-state index in [0.29, 0.717) is 15.6 Å². The highest BCUT2D eigenvalue weighted by Crippen LogP contribution is 2.33. The second-order valence-corrected chi connectivity index (χ2v) is 7.13. The molecule has 22 heavy (non-hydrogen) atoms. The summed E-state index contributed by atoms with van der Waals surface area (Å²) < 4.78 is 13.6. The lowest BCUT2D eigenvalue weighted by Gasteiger charge is -2.29. The van der Waals surface area contributed by atoms with Crippen LogP contribution in [0, 0.1) is 0 Å². The van der Waals surface area contributed by atoms with Gasteiger partial charge in [-0.15, -0.1) is 0 Å². The highest BCUT2D eigenvalue weighted by atomic mass is 35.5. The molecule has 0 aliphatic carbocycles. The smallest absolute Gasteiger partial charge is 0.155 e. The van der Waals surface area contributed by atoms with Gasteiger partial charge in [0.05, 0.1) is 6.54 Å². The second-order valence-electron chi connectivity index (χ2n) is 4.79. The third kappa shape index (κ3) is 4.24. The van der Waals surface area contributed by atoms with Crippen LogP contribution in [-0.2, 0) is 23.3 Å². The highest BCUT2D eigenvalue weighted by Gasteiger charge is 2.37. The third-order valence-corrected chi connectivity index (χ3v) is 4.98. The quantitative estimate of drug-likeness (QED) is 0.608. The van der Waals surface area contributed by atoms with Gasteiger partial charge in [0.25, 0.3) is 0 Å². The van der Waals surface area contributed by atoms with Crippen LogP contribution in [0.1, 0.15) is 5.56 Å². The van der Waals surface area contributed by atoms with E-state index < -0.39 is 16.8 Å². The standard InChI is InChI=1S/C14H15Cl2N3O2S/c1-2-5-22(21)8-14(20,7-19-10-17-9-18-19)12-4-3-11(15)6-13(12)16/h2-4,6,9-10,20H,1,5,7-8H2. The highest BCUT2D eigenvalue weighted by molar-refractivity contribution is 7.91. The van der Waals surface area contributed by atoms with Crippen LogP contribution in [-0.4, -0.2) is 35.9 Å². The van der Waals surface area contributed by atoms with E-state index in [0.717, 1.165) is 0 Å². The average molecular weight is 360 g/mol. The molecule has 0 aliphatic rings. The molecule has 0 saturated heterocycles. The lowest BCUT2D eigenvalue weighted by molar-refractivity contribution is 0.0380. The van der Waals surface area contributed by atoms with Gasteiger partial charge in [0.2, 0.25) is 0 Å². The molecule has 0 saturated carbocycles. The van der Waals surface area contributed by atoms with Crippen LogP contribution >= 0.6 is 23.2 Å². The number of benzene rings is 1. The lowest BCUT2D eigenvalue weighted by Crippen LogP contribution is -2.40. The zero-order valence-corrected chi connectivity index (χ0v) is 14.0. The van der Waals surface area contributed by atoms with Gasteiger partial charge in [-0.25, -0.2) is 9.67 Å². The molecule has 8 heteroatoms. The van der Waals surface area contributed by atoms with Crippen LogP contribution in [0.5, 0.6) is 0 Å². The number of hydrogen-bond donors (Lipinski definition) is 1. The van der Waals surface area contributed by atoms with Crippen molar-refractivity contribution < 1.29 is 9.66 Å². The summed E-state index contributed by atoms with van der Waals surface area (Å²) >= 11 is 10.8. The number of halogens is 2. The Hall–Kier alpha value is -1.05. The van der Waals surface area contributed by atoms with Crippen LogP contribution in [0.15, 0.2) is 43.5 Å². The van der Waals surface area contributed by atoms with Gasteiger partial charge in [0.1, 0.15) is 24.2 Å². The molecule has 2 rings (SSSR count). The van der Waals surface area contributed by atoms with Gasteiger partial charge in [-0.05, 0) is 29.4 Å². The molecule has 0 spiro atoms. The Bertz CT molecular complexity index is 639. The van der Waals surface area contributed by atoms with Crippen LogP contribution in [0.3, 0.4) is 0 Å². The van der Waals surface area contributed by atoms with Gasteiger partial charge in [0, 0.05) is 15.6 Å². The molecule has 2 unspecified atom stereocenters. The summed E-state index contributed by atoms with van der Waals surface area (Å²) in [5, 5.41) is 15.8. The van der Waals surface area contributed by atoms with E-state index in [1.165, 1.54) is 17.3 Å². The number of aliphatic hydroxyl groups is 1. The molecule has 0 amide bonds. The van der Waals surface area contributed by atoms with E-state index in [9.17, 15) is 9.66 Å². The van der Waals surface area contributed by atoms with E-state index in [1.807, 2.05) is 0 Å². The molecule has 1 N–H and O–H groups in total. The maximum atomic E-state index is 12.1. The average Bonchev–Trinajstić information content (AvgIpc) is 2.90. The first-order valence-corrected chi connectivity index (χ1v) is 8.65. The van der Waals surface area contributed by atoms with E-state index in [2.05, 4.69) is 16.7 Å². The van der Waals surface area contributed by atoms with Crippen LogP contribution in [0.25, 0.3) is 0 Å². The first-order valence-electron chi connectivity index (χ1n) is 6.41. The van der Waals surface area contributed by atoms with E-state index in [1.54, 1.807) is 24.3 Å².